The zero-order chi connectivity index (χ0) is 13.7. The molecular formula is C14H14N2O3. The Morgan fingerprint density at radius 1 is 1.21 bits per heavy atom. The molecule has 98 valence electrons. The van der Waals surface area contributed by atoms with Gasteiger partial charge in [-0.25, -0.2) is 0 Å². The van der Waals surface area contributed by atoms with Crippen molar-refractivity contribution < 1.29 is 15.0 Å². The zero-order valence-electron chi connectivity index (χ0n) is 10.2. The van der Waals surface area contributed by atoms with Crippen LogP contribution in [0, 0.1) is 0 Å². The van der Waals surface area contributed by atoms with Gasteiger partial charge in [-0.2, -0.15) is 0 Å². The van der Waals surface area contributed by atoms with Crippen molar-refractivity contribution in [3.8, 4) is 0 Å². The zero-order valence-corrected chi connectivity index (χ0v) is 10.2. The first-order valence-corrected chi connectivity index (χ1v) is 5.84. The van der Waals surface area contributed by atoms with Crippen LogP contribution in [0.15, 0.2) is 48.9 Å². The lowest BCUT2D eigenvalue weighted by Crippen LogP contribution is -2.42. The Labute approximate surface area is 110 Å². The van der Waals surface area contributed by atoms with Crippen molar-refractivity contribution in [2.75, 3.05) is 6.61 Å². The molecule has 19 heavy (non-hydrogen) atoms. The molecule has 0 saturated carbocycles. The van der Waals surface area contributed by atoms with Gasteiger partial charge in [0.25, 0.3) is 0 Å². The quantitative estimate of drug-likeness (QED) is 0.837. The summed E-state index contributed by atoms with van der Waals surface area (Å²) in [5, 5.41) is 19.2. The Hall–Kier alpha value is -2.27. The van der Waals surface area contributed by atoms with Gasteiger partial charge in [0.2, 0.25) is 0 Å². The van der Waals surface area contributed by atoms with E-state index in [1.807, 2.05) is 0 Å². The topological polar surface area (TPSA) is 83.3 Å². The molecule has 0 saturated heterocycles. The molecular weight excluding hydrogens is 244 g/mol. The van der Waals surface area contributed by atoms with Crippen molar-refractivity contribution in [2.45, 2.75) is 11.8 Å². The fraction of sp³-hybridized carbons (Fsp3) is 0.214. The first kappa shape index (κ1) is 13.2. The number of carboxylic acids is 1. The summed E-state index contributed by atoms with van der Waals surface area (Å²) >= 11 is 0. The van der Waals surface area contributed by atoms with Crippen molar-refractivity contribution in [1.29, 1.82) is 0 Å². The third kappa shape index (κ3) is 2.61. The molecule has 2 N–H and O–H groups in total. The van der Waals surface area contributed by atoms with Crippen molar-refractivity contribution >= 4 is 5.97 Å². The fourth-order valence-corrected chi connectivity index (χ4v) is 2.00. The minimum absolute atomic E-state index is 0.0939. The van der Waals surface area contributed by atoms with Crippen LogP contribution >= 0.6 is 0 Å². The van der Waals surface area contributed by atoms with Crippen LogP contribution in [0.4, 0.5) is 0 Å². The van der Waals surface area contributed by atoms with E-state index in [9.17, 15) is 15.0 Å². The molecule has 1 aromatic heterocycles. The SMILES string of the molecule is O=C(O)[C@@](CO)(Cc1cnccn1)c1ccccc1. The van der Waals surface area contributed by atoms with Crippen molar-refractivity contribution in [2.24, 2.45) is 0 Å². The molecule has 5 nitrogen and oxygen atoms in total. The van der Waals surface area contributed by atoms with Gasteiger partial charge in [-0.1, -0.05) is 30.3 Å². The number of carboxylic acid groups (broad SMARTS) is 1. The molecule has 1 aromatic carbocycles. The van der Waals surface area contributed by atoms with Crippen LogP contribution in [0.1, 0.15) is 11.3 Å². The Morgan fingerprint density at radius 3 is 2.47 bits per heavy atom. The molecule has 0 aliphatic heterocycles. The minimum Gasteiger partial charge on any atom is -0.481 e. The van der Waals surface area contributed by atoms with E-state index in [0.29, 0.717) is 11.3 Å². The summed E-state index contributed by atoms with van der Waals surface area (Å²) in [6, 6.07) is 8.69. The van der Waals surface area contributed by atoms with E-state index >= 15 is 0 Å². The number of hydrogen-bond acceptors (Lipinski definition) is 4. The molecule has 0 fully saturated rings. The van der Waals surface area contributed by atoms with Crippen LogP contribution in [-0.2, 0) is 16.6 Å². The Bertz CT molecular complexity index is 545. The maximum atomic E-state index is 11.6. The Kier molecular flexibility index (Phi) is 3.87. The summed E-state index contributed by atoms with van der Waals surface area (Å²) in [6.45, 7) is -0.497. The largest absolute Gasteiger partial charge is 0.481 e. The Balaban J connectivity index is 2.44. The van der Waals surface area contributed by atoms with Crippen LogP contribution < -0.4 is 0 Å². The van der Waals surface area contributed by atoms with Crippen molar-refractivity contribution in [1.82, 2.24) is 9.97 Å². The molecule has 2 rings (SSSR count). The number of rotatable bonds is 5. The lowest BCUT2D eigenvalue weighted by Gasteiger charge is -2.27. The predicted molar refractivity (Wildman–Crippen MR) is 68.6 cm³/mol. The molecule has 0 aliphatic rings. The van der Waals surface area contributed by atoms with Gasteiger partial charge >= 0.3 is 5.97 Å². The molecule has 1 atom stereocenters. The number of aliphatic hydroxyl groups excluding tert-OH is 1. The summed E-state index contributed by atoms with van der Waals surface area (Å²) in [7, 11) is 0. The first-order valence-electron chi connectivity index (χ1n) is 5.84. The summed E-state index contributed by atoms with van der Waals surface area (Å²) < 4.78 is 0. The lowest BCUT2D eigenvalue weighted by molar-refractivity contribution is -0.145. The number of aliphatic hydroxyl groups is 1. The normalized spacial score (nSPS) is 13.7. The van der Waals surface area contributed by atoms with E-state index in [1.54, 1.807) is 30.3 Å². The van der Waals surface area contributed by atoms with E-state index in [2.05, 4.69) is 9.97 Å². The summed E-state index contributed by atoms with van der Waals surface area (Å²) in [5.41, 5.74) is -0.310. The third-order valence-electron chi connectivity index (χ3n) is 3.11. The van der Waals surface area contributed by atoms with Gasteiger partial charge < -0.3 is 10.2 Å². The van der Waals surface area contributed by atoms with E-state index in [1.165, 1.54) is 18.6 Å². The summed E-state index contributed by atoms with van der Waals surface area (Å²) in [4.78, 5) is 19.7. The molecule has 5 heteroatoms. The van der Waals surface area contributed by atoms with Gasteiger partial charge in [0.1, 0.15) is 5.41 Å². The highest BCUT2D eigenvalue weighted by Gasteiger charge is 2.40. The molecule has 0 radical (unpaired) electrons. The molecule has 0 bridgehead atoms. The number of aliphatic carboxylic acids is 1. The Morgan fingerprint density at radius 2 is 1.95 bits per heavy atom. The molecule has 0 spiro atoms. The minimum atomic E-state index is -1.39. The monoisotopic (exact) mass is 258 g/mol. The number of carbonyl (C=O) groups is 1. The number of hydrogen-bond donors (Lipinski definition) is 2. The molecule has 0 unspecified atom stereocenters. The fourth-order valence-electron chi connectivity index (χ4n) is 2.00. The van der Waals surface area contributed by atoms with Gasteiger partial charge in [-0.3, -0.25) is 14.8 Å². The molecule has 0 aliphatic carbocycles. The van der Waals surface area contributed by atoms with E-state index < -0.39 is 18.0 Å². The number of nitrogens with zero attached hydrogens (tertiary/aromatic N) is 2. The highest BCUT2D eigenvalue weighted by atomic mass is 16.4. The average molecular weight is 258 g/mol. The standard InChI is InChI=1S/C14H14N2O3/c17-10-14(13(18)19,11-4-2-1-3-5-11)8-12-9-15-6-7-16-12/h1-7,9,17H,8,10H2,(H,18,19)/t14-/m1/s1. The first-order chi connectivity index (χ1) is 9.19. The highest BCUT2D eigenvalue weighted by Crippen LogP contribution is 2.28. The second-order valence-electron chi connectivity index (χ2n) is 4.28. The maximum Gasteiger partial charge on any atom is 0.316 e. The number of aromatic nitrogens is 2. The molecule has 1 heterocycles. The van der Waals surface area contributed by atoms with E-state index in [0.717, 1.165) is 0 Å². The molecule has 2 aromatic rings. The second kappa shape index (κ2) is 5.58. The van der Waals surface area contributed by atoms with Crippen LogP contribution in [0.3, 0.4) is 0 Å². The third-order valence-corrected chi connectivity index (χ3v) is 3.11. The average Bonchev–Trinajstić information content (AvgIpc) is 2.46. The van der Waals surface area contributed by atoms with Gasteiger partial charge in [0, 0.05) is 25.0 Å². The summed E-state index contributed by atoms with van der Waals surface area (Å²) in [6.07, 6.45) is 4.63. The summed E-state index contributed by atoms with van der Waals surface area (Å²) in [5.74, 6) is -1.08. The lowest BCUT2D eigenvalue weighted by atomic mass is 9.77. The van der Waals surface area contributed by atoms with Crippen molar-refractivity contribution in [3.63, 3.8) is 0 Å². The van der Waals surface area contributed by atoms with Crippen molar-refractivity contribution in [3.05, 3.63) is 60.2 Å². The van der Waals surface area contributed by atoms with Gasteiger partial charge in [-0.15, -0.1) is 0 Å². The predicted octanol–water partition coefficient (Wildman–Crippen LogP) is 1.03. The smallest absolute Gasteiger partial charge is 0.316 e. The van der Waals surface area contributed by atoms with Crippen LogP contribution in [0.25, 0.3) is 0 Å². The maximum absolute atomic E-state index is 11.6. The van der Waals surface area contributed by atoms with E-state index in [4.69, 9.17) is 0 Å². The number of benzene rings is 1. The van der Waals surface area contributed by atoms with Crippen LogP contribution in [0.5, 0.6) is 0 Å². The second-order valence-corrected chi connectivity index (χ2v) is 4.28. The van der Waals surface area contributed by atoms with Gasteiger partial charge in [-0.05, 0) is 5.56 Å². The van der Waals surface area contributed by atoms with Crippen LogP contribution in [-0.4, -0.2) is 32.8 Å². The highest BCUT2D eigenvalue weighted by molar-refractivity contribution is 5.82. The van der Waals surface area contributed by atoms with Crippen LogP contribution in [0.2, 0.25) is 0 Å². The molecule has 0 amide bonds. The van der Waals surface area contributed by atoms with Gasteiger partial charge in [0.15, 0.2) is 0 Å². The van der Waals surface area contributed by atoms with E-state index in [-0.39, 0.29) is 6.42 Å². The van der Waals surface area contributed by atoms with Gasteiger partial charge in [0.05, 0.1) is 12.3 Å².